The number of carboxylic acids is 1. The van der Waals surface area contributed by atoms with E-state index in [9.17, 15) is 27.2 Å². The zero-order chi connectivity index (χ0) is 14.1. The van der Waals surface area contributed by atoms with Crippen LogP contribution in [0.1, 0.15) is 15.9 Å². The van der Waals surface area contributed by atoms with Crippen molar-refractivity contribution >= 4 is 17.6 Å². The molecule has 1 aromatic carbocycles. The molecule has 0 aromatic heterocycles. The normalized spacial score (nSPS) is 11.2. The molecule has 2 N–H and O–H groups in total. The van der Waals surface area contributed by atoms with Gasteiger partial charge in [-0.2, -0.15) is 13.2 Å². The lowest BCUT2D eigenvalue weighted by Gasteiger charge is -2.12. The first-order valence-electron chi connectivity index (χ1n) is 4.55. The standard InChI is InChI=1S/C10H7F4NO3/c1-4-2-3-5(8(16)17)7(6(4)11)15-9(18)10(12,13)14/h2-3H,1H3,(H,15,18)(H,16,17). The van der Waals surface area contributed by atoms with Gasteiger partial charge in [-0.25, -0.2) is 9.18 Å². The summed E-state index contributed by atoms with van der Waals surface area (Å²) < 4.78 is 49.6. The molecule has 1 aromatic rings. The number of carbonyl (C=O) groups is 2. The molecule has 0 bridgehead atoms. The Labute approximate surface area is 98.2 Å². The highest BCUT2D eigenvalue weighted by Crippen LogP contribution is 2.25. The van der Waals surface area contributed by atoms with Crippen LogP contribution >= 0.6 is 0 Å². The number of aromatic carboxylic acids is 1. The van der Waals surface area contributed by atoms with Gasteiger partial charge in [-0.1, -0.05) is 6.07 Å². The molecule has 0 aliphatic heterocycles. The van der Waals surface area contributed by atoms with Gasteiger partial charge < -0.3 is 10.4 Å². The number of amides is 1. The molecule has 0 atom stereocenters. The smallest absolute Gasteiger partial charge is 0.471 e. The molecule has 0 aliphatic carbocycles. The molecule has 0 aliphatic rings. The van der Waals surface area contributed by atoms with Crippen molar-refractivity contribution in [1.82, 2.24) is 0 Å². The number of hydrogen-bond donors (Lipinski definition) is 2. The molecule has 0 fully saturated rings. The number of nitrogens with one attached hydrogen (secondary N) is 1. The van der Waals surface area contributed by atoms with Crippen LogP contribution in [0.15, 0.2) is 12.1 Å². The van der Waals surface area contributed by atoms with Crippen LogP contribution in [0.2, 0.25) is 0 Å². The molecule has 0 unspecified atom stereocenters. The first-order valence-corrected chi connectivity index (χ1v) is 4.55. The van der Waals surface area contributed by atoms with Crippen molar-refractivity contribution in [3.63, 3.8) is 0 Å². The van der Waals surface area contributed by atoms with Crippen LogP contribution in [0.4, 0.5) is 23.2 Å². The Morgan fingerprint density at radius 3 is 2.28 bits per heavy atom. The summed E-state index contributed by atoms with van der Waals surface area (Å²) in [5, 5.41) is 9.92. The minimum atomic E-state index is -5.23. The number of carboxylic acid groups (broad SMARTS) is 1. The third-order valence-electron chi connectivity index (χ3n) is 2.06. The van der Waals surface area contributed by atoms with Gasteiger partial charge in [-0.3, -0.25) is 4.79 Å². The summed E-state index contributed by atoms with van der Waals surface area (Å²) in [5.41, 5.74) is -1.84. The summed E-state index contributed by atoms with van der Waals surface area (Å²) in [6.07, 6.45) is -5.23. The summed E-state index contributed by atoms with van der Waals surface area (Å²) in [4.78, 5) is 21.4. The Morgan fingerprint density at radius 1 is 1.28 bits per heavy atom. The lowest BCUT2D eigenvalue weighted by molar-refractivity contribution is -0.167. The zero-order valence-electron chi connectivity index (χ0n) is 8.93. The molecule has 0 radical (unpaired) electrons. The zero-order valence-corrected chi connectivity index (χ0v) is 8.93. The molecule has 18 heavy (non-hydrogen) atoms. The van der Waals surface area contributed by atoms with Crippen LogP contribution in [0.3, 0.4) is 0 Å². The van der Waals surface area contributed by atoms with E-state index in [1.54, 1.807) is 0 Å². The van der Waals surface area contributed by atoms with Gasteiger partial charge in [0.05, 0.1) is 11.3 Å². The summed E-state index contributed by atoms with van der Waals surface area (Å²) in [7, 11) is 0. The van der Waals surface area contributed by atoms with E-state index < -0.39 is 35.1 Å². The number of anilines is 1. The molecule has 8 heteroatoms. The van der Waals surface area contributed by atoms with Crippen molar-refractivity contribution in [2.24, 2.45) is 0 Å². The van der Waals surface area contributed by atoms with Crippen LogP contribution in [0.5, 0.6) is 0 Å². The highest BCUT2D eigenvalue weighted by molar-refractivity contribution is 6.02. The van der Waals surface area contributed by atoms with Crippen molar-refractivity contribution in [3.8, 4) is 0 Å². The number of hydrogen-bond acceptors (Lipinski definition) is 2. The summed E-state index contributed by atoms with van der Waals surface area (Å²) >= 11 is 0. The van der Waals surface area contributed by atoms with Gasteiger partial charge in [0.2, 0.25) is 0 Å². The molecular formula is C10H7F4NO3. The number of halogens is 4. The van der Waals surface area contributed by atoms with Gasteiger partial charge in [-0.15, -0.1) is 0 Å². The first-order chi connectivity index (χ1) is 8.14. The second kappa shape index (κ2) is 4.63. The Morgan fingerprint density at radius 2 is 1.83 bits per heavy atom. The second-order valence-electron chi connectivity index (χ2n) is 3.38. The van der Waals surface area contributed by atoms with E-state index in [4.69, 9.17) is 5.11 Å². The van der Waals surface area contributed by atoms with Crippen LogP contribution in [0, 0.1) is 12.7 Å². The van der Waals surface area contributed by atoms with Crippen molar-refractivity contribution in [2.75, 3.05) is 5.32 Å². The maximum atomic E-state index is 13.5. The molecular weight excluding hydrogens is 258 g/mol. The van der Waals surface area contributed by atoms with E-state index >= 15 is 0 Å². The fourth-order valence-corrected chi connectivity index (χ4v) is 1.17. The molecule has 1 amide bonds. The highest BCUT2D eigenvalue weighted by Gasteiger charge is 2.39. The van der Waals surface area contributed by atoms with Crippen LogP contribution < -0.4 is 5.32 Å². The fourth-order valence-electron chi connectivity index (χ4n) is 1.17. The van der Waals surface area contributed by atoms with E-state index in [-0.39, 0.29) is 5.56 Å². The minimum absolute atomic E-state index is 0.0857. The highest BCUT2D eigenvalue weighted by atomic mass is 19.4. The van der Waals surface area contributed by atoms with E-state index in [0.717, 1.165) is 12.1 Å². The lowest BCUT2D eigenvalue weighted by Crippen LogP contribution is -2.31. The third-order valence-corrected chi connectivity index (χ3v) is 2.06. The van der Waals surface area contributed by atoms with Crippen molar-refractivity contribution in [3.05, 3.63) is 29.1 Å². The Hall–Kier alpha value is -2.12. The van der Waals surface area contributed by atoms with Crippen molar-refractivity contribution in [2.45, 2.75) is 13.1 Å². The minimum Gasteiger partial charge on any atom is -0.478 e. The average molecular weight is 265 g/mol. The van der Waals surface area contributed by atoms with Gasteiger partial charge in [0, 0.05) is 0 Å². The quantitative estimate of drug-likeness (QED) is 0.806. The molecule has 4 nitrogen and oxygen atoms in total. The van der Waals surface area contributed by atoms with Crippen LogP contribution in [-0.4, -0.2) is 23.2 Å². The molecule has 1 rings (SSSR count). The molecule has 0 heterocycles. The number of aryl methyl sites for hydroxylation is 1. The maximum Gasteiger partial charge on any atom is 0.471 e. The van der Waals surface area contributed by atoms with Gasteiger partial charge in [0.15, 0.2) is 5.82 Å². The van der Waals surface area contributed by atoms with E-state index in [2.05, 4.69) is 0 Å². The summed E-state index contributed by atoms with van der Waals surface area (Å²) in [6.45, 7) is 1.23. The van der Waals surface area contributed by atoms with E-state index in [1.807, 2.05) is 0 Å². The number of rotatable bonds is 2. The maximum absolute atomic E-state index is 13.5. The predicted molar refractivity (Wildman–Crippen MR) is 52.8 cm³/mol. The Kier molecular flexibility index (Phi) is 3.59. The van der Waals surface area contributed by atoms with Gasteiger partial charge >= 0.3 is 18.1 Å². The largest absolute Gasteiger partial charge is 0.478 e. The molecule has 98 valence electrons. The van der Waals surface area contributed by atoms with Crippen molar-refractivity contribution < 1.29 is 32.3 Å². The second-order valence-corrected chi connectivity index (χ2v) is 3.38. The van der Waals surface area contributed by atoms with E-state index in [0.29, 0.717) is 0 Å². The summed E-state index contributed by atoms with van der Waals surface area (Å²) in [6, 6.07) is 1.99. The monoisotopic (exact) mass is 265 g/mol. The summed E-state index contributed by atoms with van der Waals surface area (Å²) in [5.74, 6) is -5.30. The SMILES string of the molecule is Cc1ccc(C(=O)O)c(NC(=O)C(F)(F)F)c1F. The lowest BCUT2D eigenvalue weighted by atomic mass is 10.1. The number of benzene rings is 1. The van der Waals surface area contributed by atoms with Gasteiger partial charge in [0.1, 0.15) is 0 Å². The van der Waals surface area contributed by atoms with Crippen LogP contribution in [0.25, 0.3) is 0 Å². The number of alkyl halides is 3. The average Bonchev–Trinajstić information content (AvgIpc) is 2.23. The topological polar surface area (TPSA) is 66.4 Å². The van der Waals surface area contributed by atoms with Crippen LogP contribution in [-0.2, 0) is 4.79 Å². The predicted octanol–water partition coefficient (Wildman–Crippen LogP) is 2.33. The fraction of sp³-hybridized carbons (Fsp3) is 0.200. The van der Waals surface area contributed by atoms with Gasteiger partial charge in [0.25, 0.3) is 0 Å². The third kappa shape index (κ3) is 2.76. The Bertz CT molecular complexity index is 511. The first kappa shape index (κ1) is 13.9. The Balaban J connectivity index is 3.26. The van der Waals surface area contributed by atoms with E-state index in [1.165, 1.54) is 12.2 Å². The van der Waals surface area contributed by atoms with Gasteiger partial charge in [-0.05, 0) is 18.6 Å². The molecule has 0 spiro atoms. The molecule has 0 saturated heterocycles. The van der Waals surface area contributed by atoms with Crippen molar-refractivity contribution in [1.29, 1.82) is 0 Å². The molecule has 0 saturated carbocycles. The number of carbonyl (C=O) groups excluding carboxylic acids is 1.